The molecule has 684 valence electrons. The van der Waals surface area contributed by atoms with Gasteiger partial charge in [-0.2, -0.15) is 0 Å². The van der Waals surface area contributed by atoms with Crippen molar-refractivity contribution >= 4 is 11.3 Å². The molecule has 20 heteroatoms. The van der Waals surface area contributed by atoms with Crippen molar-refractivity contribution in [1.29, 1.82) is 0 Å². The van der Waals surface area contributed by atoms with Crippen LogP contribution >= 0.6 is 11.3 Å². The van der Waals surface area contributed by atoms with Crippen LogP contribution in [0.15, 0.2) is 388 Å². The molecule has 0 amide bonds. The van der Waals surface area contributed by atoms with Gasteiger partial charge in [-0.1, -0.05) is 370 Å². The van der Waals surface area contributed by atoms with E-state index in [1.807, 2.05) is 375 Å². The average molecular weight is 1800 g/mol. The highest BCUT2D eigenvalue weighted by Crippen LogP contribution is 2.50. The van der Waals surface area contributed by atoms with Crippen LogP contribution in [0, 0.1) is 0 Å². The molecule has 13 aromatic rings. The van der Waals surface area contributed by atoms with Gasteiger partial charge in [0.25, 0.3) is 5.79 Å². The van der Waals surface area contributed by atoms with E-state index in [1.165, 1.54) is 11.3 Å². The molecular formula is C112H117NO18S. The Morgan fingerprint density at radius 2 is 0.515 bits per heavy atom. The van der Waals surface area contributed by atoms with Crippen molar-refractivity contribution < 1.29 is 85.3 Å². The minimum atomic E-state index is -2.31. The second kappa shape index (κ2) is 49.9. The summed E-state index contributed by atoms with van der Waals surface area (Å²) >= 11 is 1.33. The van der Waals surface area contributed by atoms with Gasteiger partial charge < -0.3 is 85.3 Å². The summed E-state index contributed by atoms with van der Waals surface area (Å²) < 4.78 is 139. The van der Waals surface area contributed by atoms with Crippen LogP contribution < -0.4 is 0 Å². The van der Waals surface area contributed by atoms with Gasteiger partial charge in [0.15, 0.2) is 5.01 Å². The molecule has 3 saturated heterocycles. The van der Waals surface area contributed by atoms with Crippen molar-refractivity contribution in [3.63, 3.8) is 0 Å². The highest BCUT2D eigenvalue weighted by Gasteiger charge is 2.66. The average Bonchev–Trinajstić information content (AvgIpc) is 0.999. The summed E-state index contributed by atoms with van der Waals surface area (Å²) in [6, 6.07) is 120. The summed E-state index contributed by atoms with van der Waals surface area (Å²) in [7, 11) is 0. The predicted octanol–water partition coefficient (Wildman–Crippen LogP) is 20.8. The molecule has 132 heavy (non-hydrogen) atoms. The van der Waals surface area contributed by atoms with Gasteiger partial charge in [-0.15, -0.1) is 17.9 Å². The standard InChI is InChI=1S/C112H117NO18S/c1-2-3-40-66-126-110(106(123-77-94-59-34-13-35-60-94)103(120-74-91-53-28-10-29-54-91)100(117-71-88-47-22-7-23-48-88)97(129-110)80-114-68-85-41-16-4-17-42-85)83-127-111(107(124-78-95-61-36-14-37-62-95)104(121-75-92-55-30-11-31-56-92)101(118-72-89-49-24-8-25-50-89)98(130-111)81-115-69-86-43-18-5-19-44-86)84-128-112(109-113-65-67-132-109)108(125-79-96-63-38-15-39-64-96)105(122-76-93-57-32-12-33-58-93)102(119-73-90-51-26-9-27-52-90)99(131-112)82-116-70-87-45-20-6-21-46-87/h2,4-39,41-65,67,97-108H,1,3,40,66,68-84H2/t97-,98-,99-,100+,101+,102+,103+,104+,105+,106-,107-,108-,110+,111+,112-/m1/s1. The predicted molar refractivity (Wildman–Crippen MR) is 505 cm³/mol. The minimum absolute atomic E-state index is 0.0292. The first-order chi connectivity index (χ1) is 65.3. The van der Waals surface area contributed by atoms with Gasteiger partial charge in [-0.25, -0.2) is 4.98 Å². The number of rotatable bonds is 51. The molecule has 16 rings (SSSR count). The van der Waals surface area contributed by atoms with Crippen molar-refractivity contribution in [3.8, 4) is 0 Å². The number of nitrogens with zero attached hydrogens (tertiary/aromatic N) is 1. The SMILES string of the molecule is C=CCCCO[C@@]1(CO[C@@]2(CO[C@@]3(c4nccs4)O[C@H](COCc4ccccc4)[C@H](OCc4ccccc4)[C@H](OCc4ccccc4)[C@H]3OCc3ccccc3)O[C@H](COCc3ccccc3)[C@H](OCc3ccccc3)[C@H](OCc3ccccc3)[C@H]2OCc2ccccc2)O[C@H](COCc2ccccc2)[C@H](OCc2ccccc2)[C@H](OCc2ccccc2)[C@H]1OCc1ccccc1. The lowest BCUT2D eigenvalue weighted by atomic mass is 9.89. The zero-order valence-electron chi connectivity index (χ0n) is 74.4. The fraction of sp³-hybridized carbons (Fsp3) is 0.312. The van der Waals surface area contributed by atoms with Crippen LogP contribution in [0.2, 0.25) is 0 Å². The monoisotopic (exact) mass is 1800 g/mol. The van der Waals surface area contributed by atoms with E-state index in [0.29, 0.717) is 17.8 Å². The van der Waals surface area contributed by atoms with E-state index >= 15 is 0 Å². The lowest BCUT2D eigenvalue weighted by Gasteiger charge is -2.56. The quantitative estimate of drug-likeness (QED) is 0.0259. The zero-order chi connectivity index (χ0) is 89.8. The van der Waals surface area contributed by atoms with Crippen LogP contribution in [0.25, 0.3) is 0 Å². The van der Waals surface area contributed by atoms with Gasteiger partial charge >= 0.3 is 0 Å². The molecule has 4 heterocycles. The minimum Gasteiger partial charge on any atom is -0.374 e. The molecular weight excluding hydrogens is 1680 g/mol. The van der Waals surface area contributed by atoms with Gasteiger partial charge in [0.05, 0.1) is 106 Å². The third-order valence-electron chi connectivity index (χ3n) is 23.6. The Bertz CT molecular complexity index is 5360. The number of ether oxygens (including phenoxy) is 18. The summed E-state index contributed by atoms with van der Waals surface area (Å²) in [5.74, 6) is -6.52. The molecule has 12 aromatic carbocycles. The van der Waals surface area contributed by atoms with Crippen LogP contribution in [-0.4, -0.2) is 129 Å². The van der Waals surface area contributed by atoms with E-state index < -0.39 is 104 Å². The fourth-order valence-corrected chi connectivity index (χ4v) is 17.6. The lowest BCUT2D eigenvalue weighted by molar-refractivity contribution is -0.451. The third kappa shape index (κ3) is 26.4. The van der Waals surface area contributed by atoms with Crippen LogP contribution in [-0.2, 0) is 170 Å². The number of benzene rings is 12. The number of aromatic nitrogens is 1. The highest BCUT2D eigenvalue weighted by molar-refractivity contribution is 7.09. The van der Waals surface area contributed by atoms with Gasteiger partial charge in [0.2, 0.25) is 11.6 Å². The van der Waals surface area contributed by atoms with E-state index in [2.05, 4.69) is 6.58 Å². The Kier molecular flexibility index (Phi) is 35.7. The van der Waals surface area contributed by atoms with Crippen LogP contribution in [0.4, 0.5) is 0 Å². The molecule has 3 fully saturated rings. The number of hydrogen-bond donors (Lipinski definition) is 0. The molecule has 3 aliphatic heterocycles. The maximum Gasteiger partial charge on any atom is 0.252 e. The second-order valence-corrected chi connectivity index (χ2v) is 34.1. The molecule has 0 aliphatic carbocycles. The molecule has 0 bridgehead atoms. The van der Waals surface area contributed by atoms with Crippen molar-refractivity contribution in [2.45, 2.75) is 183 Å². The molecule has 0 N–H and O–H groups in total. The van der Waals surface area contributed by atoms with Crippen molar-refractivity contribution in [2.75, 3.05) is 39.6 Å². The zero-order valence-corrected chi connectivity index (χ0v) is 75.2. The van der Waals surface area contributed by atoms with Crippen LogP contribution in [0.5, 0.6) is 0 Å². The first kappa shape index (κ1) is 94.5. The van der Waals surface area contributed by atoms with E-state index in [9.17, 15) is 0 Å². The largest absolute Gasteiger partial charge is 0.374 e. The number of unbranched alkanes of at least 4 members (excludes halogenated alkanes) is 1. The van der Waals surface area contributed by atoms with E-state index in [1.54, 1.807) is 6.20 Å². The molecule has 15 atom stereocenters. The Balaban J connectivity index is 0.926. The smallest absolute Gasteiger partial charge is 0.252 e. The fourth-order valence-electron chi connectivity index (χ4n) is 16.9. The summed E-state index contributed by atoms with van der Waals surface area (Å²) in [6.07, 6.45) is -8.60. The molecule has 0 saturated carbocycles. The van der Waals surface area contributed by atoms with Gasteiger partial charge in [0.1, 0.15) is 86.5 Å². The van der Waals surface area contributed by atoms with E-state index in [-0.39, 0.29) is 106 Å². The van der Waals surface area contributed by atoms with E-state index in [0.717, 1.165) is 66.8 Å². The van der Waals surface area contributed by atoms with Crippen molar-refractivity contribution in [3.05, 3.63) is 460 Å². The number of hydrogen-bond acceptors (Lipinski definition) is 20. The molecule has 0 radical (unpaired) electrons. The topological polar surface area (TPSA) is 179 Å². The molecule has 3 aliphatic rings. The maximum absolute atomic E-state index is 8.49. The van der Waals surface area contributed by atoms with E-state index in [4.69, 9.17) is 90.2 Å². The molecule has 1 aromatic heterocycles. The third-order valence-corrected chi connectivity index (χ3v) is 24.5. The molecule has 0 spiro atoms. The van der Waals surface area contributed by atoms with Gasteiger partial charge in [-0.3, -0.25) is 0 Å². The Labute approximate surface area is 779 Å². The number of thiazole rings is 1. The van der Waals surface area contributed by atoms with Gasteiger partial charge in [0, 0.05) is 11.6 Å². The summed E-state index contributed by atoms with van der Waals surface area (Å²) in [5, 5.41) is 2.25. The first-order valence-electron chi connectivity index (χ1n) is 45.5. The van der Waals surface area contributed by atoms with Crippen LogP contribution in [0.1, 0.15) is 84.6 Å². The summed E-state index contributed by atoms with van der Waals surface area (Å²) in [4.78, 5) is 5.31. The summed E-state index contributed by atoms with van der Waals surface area (Å²) in [6.45, 7) is 4.27. The Morgan fingerprint density at radius 3 is 0.795 bits per heavy atom. The molecule has 0 unspecified atom stereocenters. The Morgan fingerprint density at radius 1 is 0.273 bits per heavy atom. The van der Waals surface area contributed by atoms with Crippen molar-refractivity contribution in [2.24, 2.45) is 0 Å². The second-order valence-electron chi connectivity index (χ2n) is 33.2. The Hall–Kier alpha value is -10.7. The normalized spacial score (nSPS) is 23.6. The number of allylic oxidation sites excluding steroid dienone is 1. The summed E-state index contributed by atoms with van der Waals surface area (Å²) in [5.41, 5.74) is 10.7. The first-order valence-corrected chi connectivity index (χ1v) is 46.4. The molecule has 19 nitrogen and oxygen atoms in total. The van der Waals surface area contributed by atoms with Gasteiger partial charge in [-0.05, 0) is 79.6 Å². The van der Waals surface area contributed by atoms with Crippen LogP contribution in [0.3, 0.4) is 0 Å². The maximum atomic E-state index is 8.49. The van der Waals surface area contributed by atoms with Crippen molar-refractivity contribution in [1.82, 2.24) is 4.98 Å². The lowest BCUT2D eigenvalue weighted by Crippen LogP contribution is -2.73. The highest BCUT2D eigenvalue weighted by atomic mass is 32.1.